The summed E-state index contributed by atoms with van der Waals surface area (Å²) in [6.45, 7) is 8.32. The quantitative estimate of drug-likeness (QED) is 0.824. The van der Waals surface area contributed by atoms with E-state index in [-0.39, 0.29) is 12.0 Å². The number of nitrogens with zero attached hydrogens (tertiary/aromatic N) is 2. The van der Waals surface area contributed by atoms with Gasteiger partial charge in [0, 0.05) is 24.9 Å². The number of imidazole rings is 1. The fraction of sp³-hybridized carbons (Fsp3) is 0.714. The summed E-state index contributed by atoms with van der Waals surface area (Å²) in [6.07, 6.45) is 4.96. The molecule has 6 heteroatoms. The van der Waals surface area contributed by atoms with Crippen LogP contribution in [0.5, 0.6) is 0 Å². The number of nitrogens with one attached hydrogen (secondary N) is 1. The van der Waals surface area contributed by atoms with E-state index in [0.29, 0.717) is 6.54 Å². The molecule has 1 aromatic heterocycles. The van der Waals surface area contributed by atoms with Crippen LogP contribution < -0.4 is 0 Å². The molecule has 1 amide bonds. The summed E-state index contributed by atoms with van der Waals surface area (Å²) in [5, 5.41) is 0. The topological polar surface area (TPSA) is 58.2 Å². The van der Waals surface area contributed by atoms with Crippen LogP contribution in [0.3, 0.4) is 0 Å². The molecule has 1 saturated heterocycles. The van der Waals surface area contributed by atoms with Crippen molar-refractivity contribution in [3.8, 4) is 0 Å². The third-order valence-corrected chi connectivity index (χ3v) is 4.48. The summed E-state index contributed by atoms with van der Waals surface area (Å²) in [5.41, 5.74) is -0.498. The Morgan fingerprint density at radius 2 is 2.30 bits per heavy atom. The van der Waals surface area contributed by atoms with Crippen molar-refractivity contribution in [1.29, 1.82) is 0 Å². The van der Waals surface area contributed by atoms with E-state index in [1.807, 2.05) is 27.7 Å². The van der Waals surface area contributed by atoms with Gasteiger partial charge >= 0.3 is 6.09 Å². The van der Waals surface area contributed by atoms with Gasteiger partial charge in [0.05, 0.1) is 4.87 Å². The second kappa shape index (κ2) is 5.31. The first-order chi connectivity index (χ1) is 9.24. The zero-order valence-electron chi connectivity index (χ0n) is 12.5. The van der Waals surface area contributed by atoms with Crippen molar-refractivity contribution in [3.05, 3.63) is 18.2 Å². The predicted octanol–water partition coefficient (Wildman–Crippen LogP) is 3.17. The van der Waals surface area contributed by atoms with Gasteiger partial charge in [0.15, 0.2) is 0 Å². The summed E-state index contributed by atoms with van der Waals surface area (Å²) in [6, 6.07) is 0. The van der Waals surface area contributed by atoms with E-state index in [1.165, 1.54) is 0 Å². The largest absolute Gasteiger partial charge is 0.444 e. The molecule has 0 saturated carbocycles. The lowest BCUT2D eigenvalue weighted by Crippen LogP contribution is -2.48. The molecular weight excluding hydrogens is 274 g/mol. The minimum Gasteiger partial charge on any atom is -0.444 e. The highest BCUT2D eigenvalue weighted by molar-refractivity contribution is 7.81. The van der Waals surface area contributed by atoms with Gasteiger partial charge in [-0.1, -0.05) is 6.92 Å². The van der Waals surface area contributed by atoms with Gasteiger partial charge in [0.25, 0.3) is 0 Å². The molecule has 2 atom stereocenters. The lowest BCUT2D eigenvalue weighted by Gasteiger charge is -2.39. The Hall–Kier alpha value is -1.17. The fourth-order valence-corrected chi connectivity index (χ4v) is 3.04. The average molecular weight is 297 g/mol. The van der Waals surface area contributed by atoms with E-state index in [1.54, 1.807) is 17.3 Å². The van der Waals surface area contributed by atoms with Gasteiger partial charge in [-0.2, -0.15) is 12.6 Å². The second-order valence-electron chi connectivity index (χ2n) is 6.31. The highest BCUT2D eigenvalue weighted by Gasteiger charge is 2.47. The van der Waals surface area contributed by atoms with Crippen LogP contribution in [-0.4, -0.2) is 38.0 Å². The van der Waals surface area contributed by atoms with Gasteiger partial charge in [-0.15, -0.1) is 0 Å². The Morgan fingerprint density at radius 3 is 2.85 bits per heavy atom. The van der Waals surface area contributed by atoms with E-state index in [2.05, 4.69) is 9.97 Å². The molecule has 112 valence electrons. The van der Waals surface area contributed by atoms with Crippen LogP contribution >= 0.6 is 12.6 Å². The van der Waals surface area contributed by atoms with E-state index >= 15 is 0 Å². The summed E-state index contributed by atoms with van der Waals surface area (Å²) in [4.78, 5) is 20.9. The molecular formula is C14H23N3O2S. The number of aromatic amines is 1. The van der Waals surface area contributed by atoms with Crippen LogP contribution in [0.15, 0.2) is 12.4 Å². The van der Waals surface area contributed by atoms with Crippen LogP contribution in [-0.2, 0) is 4.74 Å². The van der Waals surface area contributed by atoms with Crippen LogP contribution in [0.2, 0.25) is 0 Å². The molecule has 0 aromatic carbocycles. The lowest BCUT2D eigenvalue weighted by molar-refractivity contribution is 0.0173. The molecule has 0 spiro atoms. The Morgan fingerprint density at radius 1 is 1.60 bits per heavy atom. The number of carbonyl (C=O) groups is 1. The number of likely N-dealkylation sites (tertiary alicyclic amines) is 1. The normalized spacial score (nSPS) is 24.8. The Kier molecular flexibility index (Phi) is 4.04. The fourth-order valence-electron chi connectivity index (χ4n) is 2.58. The highest BCUT2D eigenvalue weighted by atomic mass is 32.1. The van der Waals surface area contributed by atoms with Crippen molar-refractivity contribution in [2.75, 3.05) is 6.54 Å². The number of rotatable bonds is 2. The van der Waals surface area contributed by atoms with E-state index in [9.17, 15) is 4.79 Å². The minimum absolute atomic E-state index is 0.0100. The first-order valence-corrected chi connectivity index (χ1v) is 7.41. The average Bonchev–Trinajstić information content (AvgIpc) is 2.94. The van der Waals surface area contributed by atoms with Gasteiger partial charge in [0.2, 0.25) is 0 Å². The summed E-state index contributed by atoms with van der Waals surface area (Å²) < 4.78 is 5.49. The summed E-state index contributed by atoms with van der Waals surface area (Å²) in [5.74, 6) is 0.853. The monoisotopic (exact) mass is 297 g/mol. The van der Waals surface area contributed by atoms with Crippen molar-refractivity contribution in [3.63, 3.8) is 0 Å². The molecule has 0 aliphatic carbocycles. The number of H-pyrrole nitrogens is 1. The molecule has 1 N–H and O–H groups in total. The minimum atomic E-state index is -0.555. The Labute approximate surface area is 125 Å². The zero-order valence-corrected chi connectivity index (χ0v) is 13.4. The molecule has 1 fully saturated rings. The molecule has 5 nitrogen and oxygen atoms in total. The zero-order chi connectivity index (χ0) is 15.0. The molecule has 2 heterocycles. The Balaban J connectivity index is 2.19. The van der Waals surface area contributed by atoms with Crippen molar-refractivity contribution >= 4 is 18.7 Å². The van der Waals surface area contributed by atoms with Crippen molar-refractivity contribution in [2.24, 2.45) is 0 Å². The van der Waals surface area contributed by atoms with Gasteiger partial charge in [-0.3, -0.25) is 4.90 Å². The maximum absolute atomic E-state index is 12.4. The van der Waals surface area contributed by atoms with Crippen molar-refractivity contribution in [1.82, 2.24) is 14.9 Å². The second-order valence-corrected chi connectivity index (χ2v) is 7.08. The number of ether oxygens (including phenoxy) is 1. The van der Waals surface area contributed by atoms with Crippen molar-refractivity contribution in [2.45, 2.75) is 56.9 Å². The van der Waals surface area contributed by atoms with E-state index < -0.39 is 10.5 Å². The third kappa shape index (κ3) is 2.95. The van der Waals surface area contributed by atoms with Crippen LogP contribution in [0.1, 0.15) is 52.3 Å². The maximum atomic E-state index is 12.4. The summed E-state index contributed by atoms with van der Waals surface area (Å²) >= 11 is 4.81. The number of hydrogen-bond donors (Lipinski definition) is 2. The number of aromatic nitrogens is 2. The Bertz CT molecular complexity index is 469. The van der Waals surface area contributed by atoms with Gasteiger partial charge < -0.3 is 9.72 Å². The third-order valence-electron chi connectivity index (χ3n) is 3.63. The number of hydrogen-bond acceptors (Lipinski definition) is 4. The maximum Gasteiger partial charge on any atom is 0.411 e. The van der Waals surface area contributed by atoms with Crippen LogP contribution in [0.25, 0.3) is 0 Å². The van der Waals surface area contributed by atoms with Gasteiger partial charge in [-0.25, -0.2) is 9.78 Å². The van der Waals surface area contributed by atoms with Gasteiger partial charge in [0.1, 0.15) is 11.4 Å². The molecule has 1 aromatic rings. The molecule has 1 unspecified atom stereocenters. The molecule has 1 aliphatic rings. The summed E-state index contributed by atoms with van der Waals surface area (Å²) in [7, 11) is 0. The number of carbonyl (C=O) groups excluding carboxylic acids is 1. The molecule has 2 rings (SSSR count). The van der Waals surface area contributed by atoms with E-state index in [0.717, 1.165) is 18.7 Å². The first kappa shape index (κ1) is 15.2. The highest BCUT2D eigenvalue weighted by Crippen LogP contribution is 2.43. The lowest BCUT2D eigenvalue weighted by atomic mass is 9.98. The van der Waals surface area contributed by atoms with E-state index in [4.69, 9.17) is 17.4 Å². The predicted molar refractivity (Wildman–Crippen MR) is 80.9 cm³/mol. The standard InChI is InChI=1S/C14H23N3O2S/c1-10(11-15-7-8-16-11)14(20)6-5-9-17(14)12(18)19-13(2,3)4/h7-8,10,20H,5-6,9H2,1-4H3,(H,15,16)/t10?,14-/m0/s1. The van der Waals surface area contributed by atoms with Crippen LogP contribution in [0.4, 0.5) is 4.79 Å². The number of thiol groups is 1. The number of amides is 1. The van der Waals surface area contributed by atoms with Crippen LogP contribution in [0, 0.1) is 0 Å². The van der Waals surface area contributed by atoms with Crippen molar-refractivity contribution < 1.29 is 9.53 Å². The smallest absolute Gasteiger partial charge is 0.411 e. The molecule has 0 bridgehead atoms. The SMILES string of the molecule is CC(c1ncc[nH]1)[C@@]1(S)CCCN1C(=O)OC(C)(C)C. The molecule has 1 aliphatic heterocycles. The molecule has 0 radical (unpaired) electrons. The van der Waals surface area contributed by atoms with Gasteiger partial charge in [-0.05, 0) is 33.6 Å². The first-order valence-electron chi connectivity index (χ1n) is 6.96. The molecule has 20 heavy (non-hydrogen) atoms.